The average molecular weight is 349 g/mol. The summed E-state index contributed by atoms with van der Waals surface area (Å²) in [7, 11) is 1.64. The van der Waals surface area contributed by atoms with Crippen molar-refractivity contribution in [2.45, 2.75) is 12.5 Å². The number of benzene rings is 1. The summed E-state index contributed by atoms with van der Waals surface area (Å²) in [6, 6.07) is 15.0. The lowest BCUT2D eigenvalue weighted by Crippen LogP contribution is -2.35. The minimum absolute atomic E-state index is 0.125. The van der Waals surface area contributed by atoms with Gasteiger partial charge in [0.25, 0.3) is 11.5 Å². The van der Waals surface area contributed by atoms with E-state index in [-0.39, 0.29) is 23.1 Å². The van der Waals surface area contributed by atoms with Gasteiger partial charge in [-0.15, -0.1) is 0 Å². The summed E-state index contributed by atoms with van der Waals surface area (Å²) in [6.45, 7) is 1.01. The van der Waals surface area contributed by atoms with Gasteiger partial charge in [-0.25, -0.2) is 4.98 Å². The van der Waals surface area contributed by atoms with E-state index >= 15 is 0 Å². The number of fused-ring (bicyclic) bond motifs is 1. The number of nitrogens with zero attached hydrogens (tertiary/aromatic N) is 3. The van der Waals surface area contributed by atoms with Crippen molar-refractivity contribution >= 4 is 16.8 Å². The Kier molecular flexibility index (Phi) is 4.16. The molecule has 0 unspecified atom stereocenters. The molecule has 1 aliphatic heterocycles. The smallest absolute Gasteiger partial charge is 0.263 e. The van der Waals surface area contributed by atoms with Crippen LogP contribution in [0.2, 0.25) is 0 Å². The van der Waals surface area contributed by atoms with Crippen LogP contribution >= 0.6 is 0 Å². The van der Waals surface area contributed by atoms with Gasteiger partial charge in [-0.2, -0.15) is 0 Å². The summed E-state index contributed by atoms with van der Waals surface area (Å²) >= 11 is 0. The van der Waals surface area contributed by atoms with Gasteiger partial charge < -0.3 is 14.2 Å². The Balaban J connectivity index is 1.47. The van der Waals surface area contributed by atoms with Gasteiger partial charge in [0.05, 0.1) is 12.1 Å². The van der Waals surface area contributed by atoms with E-state index < -0.39 is 0 Å². The maximum atomic E-state index is 12.6. The highest BCUT2D eigenvalue weighted by Gasteiger charge is 2.29. The van der Waals surface area contributed by atoms with Crippen molar-refractivity contribution < 1.29 is 9.53 Å². The molecule has 132 valence electrons. The molecular weight excluding hydrogens is 330 g/mol. The lowest BCUT2D eigenvalue weighted by atomic mass is 10.2. The minimum Gasteiger partial charge on any atom is -0.472 e. The van der Waals surface area contributed by atoms with E-state index in [9.17, 15) is 9.59 Å². The van der Waals surface area contributed by atoms with Crippen molar-refractivity contribution in [3.63, 3.8) is 0 Å². The summed E-state index contributed by atoms with van der Waals surface area (Å²) < 4.78 is 7.38. The molecule has 1 amide bonds. The molecule has 0 N–H and O–H groups in total. The summed E-state index contributed by atoms with van der Waals surface area (Å²) in [5, 5.41) is 1.06. The summed E-state index contributed by atoms with van der Waals surface area (Å²) in [4.78, 5) is 31.0. The van der Waals surface area contributed by atoms with E-state index in [4.69, 9.17) is 4.74 Å². The van der Waals surface area contributed by atoms with Crippen LogP contribution in [0.1, 0.15) is 16.8 Å². The Hall–Kier alpha value is -3.15. The zero-order valence-electron chi connectivity index (χ0n) is 14.5. The van der Waals surface area contributed by atoms with Crippen molar-refractivity contribution in [1.82, 2.24) is 14.5 Å². The molecule has 26 heavy (non-hydrogen) atoms. The van der Waals surface area contributed by atoms with Crippen LogP contribution in [0.5, 0.6) is 5.88 Å². The molecule has 0 bridgehead atoms. The second-order valence-electron chi connectivity index (χ2n) is 6.46. The highest BCUT2D eigenvalue weighted by Crippen LogP contribution is 2.21. The van der Waals surface area contributed by atoms with Crippen LogP contribution in [0.25, 0.3) is 10.9 Å². The standard InChI is InChI=1S/C20H19N3O3/c1-22-11-4-6-16(19(22)24)20(25)23-12-10-15(13-23)26-18-9-8-14-5-2-3-7-17(14)21-18/h2-9,11,15H,10,12-13H2,1H3/t15-/m1/s1. The third-order valence-corrected chi connectivity index (χ3v) is 4.65. The topological polar surface area (TPSA) is 64.4 Å². The van der Waals surface area contributed by atoms with Gasteiger partial charge in [-0.05, 0) is 24.3 Å². The van der Waals surface area contributed by atoms with E-state index in [0.29, 0.717) is 25.4 Å². The second kappa shape index (κ2) is 6.63. The Labute approximate surface area is 150 Å². The highest BCUT2D eigenvalue weighted by atomic mass is 16.5. The van der Waals surface area contributed by atoms with Crippen LogP contribution in [-0.2, 0) is 7.05 Å². The number of pyridine rings is 2. The zero-order chi connectivity index (χ0) is 18.1. The number of aryl methyl sites for hydroxylation is 1. The second-order valence-corrected chi connectivity index (χ2v) is 6.46. The van der Waals surface area contributed by atoms with Crippen LogP contribution in [0.4, 0.5) is 0 Å². The molecule has 1 aliphatic rings. The number of carbonyl (C=O) groups excluding carboxylic acids is 1. The van der Waals surface area contributed by atoms with Crippen molar-refractivity contribution in [1.29, 1.82) is 0 Å². The van der Waals surface area contributed by atoms with Crippen molar-refractivity contribution in [3.8, 4) is 5.88 Å². The molecule has 3 heterocycles. The van der Waals surface area contributed by atoms with E-state index in [2.05, 4.69) is 4.98 Å². The number of rotatable bonds is 3. The van der Waals surface area contributed by atoms with Crippen LogP contribution in [0, 0.1) is 0 Å². The number of amides is 1. The molecule has 1 saturated heterocycles. The van der Waals surface area contributed by atoms with Gasteiger partial charge >= 0.3 is 0 Å². The third kappa shape index (κ3) is 3.06. The summed E-state index contributed by atoms with van der Waals surface area (Å²) in [6.07, 6.45) is 2.23. The van der Waals surface area contributed by atoms with Crippen LogP contribution < -0.4 is 10.3 Å². The zero-order valence-corrected chi connectivity index (χ0v) is 14.5. The molecule has 3 aromatic rings. The summed E-state index contributed by atoms with van der Waals surface area (Å²) in [5.74, 6) is 0.308. The van der Waals surface area contributed by atoms with E-state index in [1.54, 1.807) is 30.3 Å². The Morgan fingerprint density at radius 2 is 2.00 bits per heavy atom. The van der Waals surface area contributed by atoms with Gasteiger partial charge in [0.1, 0.15) is 11.7 Å². The number of para-hydroxylation sites is 1. The van der Waals surface area contributed by atoms with E-state index in [1.807, 2.05) is 36.4 Å². The summed E-state index contributed by atoms with van der Waals surface area (Å²) in [5.41, 5.74) is 0.793. The van der Waals surface area contributed by atoms with E-state index in [1.165, 1.54) is 4.57 Å². The number of hydrogen-bond acceptors (Lipinski definition) is 4. The van der Waals surface area contributed by atoms with Crippen LogP contribution in [0.3, 0.4) is 0 Å². The van der Waals surface area contributed by atoms with Gasteiger partial charge in [0, 0.05) is 37.7 Å². The van der Waals surface area contributed by atoms with Crippen molar-refractivity contribution in [2.75, 3.05) is 13.1 Å². The largest absolute Gasteiger partial charge is 0.472 e. The molecule has 6 heteroatoms. The number of hydrogen-bond donors (Lipinski definition) is 0. The number of aromatic nitrogens is 2. The van der Waals surface area contributed by atoms with Crippen LogP contribution in [-0.4, -0.2) is 39.6 Å². The maximum Gasteiger partial charge on any atom is 0.263 e. The Morgan fingerprint density at radius 3 is 2.88 bits per heavy atom. The molecule has 1 atom stereocenters. The van der Waals surface area contributed by atoms with Gasteiger partial charge in [-0.1, -0.05) is 18.2 Å². The fourth-order valence-corrected chi connectivity index (χ4v) is 3.22. The lowest BCUT2D eigenvalue weighted by Gasteiger charge is -2.17. The molecule has 1 fully saturated rings. The molecule has 2 aromatic heterocycles. The Morgan fingerprint density at radius 1 is 1.15 bits per heavy atom. The first-order chi connectivity index (χ1) is 12.6. The minimum atomic E-state index is -0.280. The maximum absolute atomic E-state index is 12.6. The number of likely N-dealkylation sites (tertiary alicyclic amines) is 1. The lowest BCUT2D eigenvalue weighted by molar-refractivity contribution is 0.0769. The molecule has 6 nitrogen and oxygen atoms in total. The number of carbonyl (C=O) groups is 1. The average Bonchev–Trinajstić information content (AvgIpc) is 3.12. The molecule has 0 radical (unpaired) electrons. The molecule has 0 aliphatic carbocycles. The first-order valence-electron chi connectivity index (χ1n) is 8.59. The predicted molar refractivity (Wildman–Crippen MR) is 98.4 cm³/mol. The van der Waals surface area contributed by atoms with Crippen molar-refractivity contribution in [3.05, 3.63) is 70.6 Å². The van der Waals surface area contributed by atoms with Gasteiger partial charge in [0.15, 0.2) is 0 Å². The van der Waals surface area contributed by atoms with Gasteiger partial charge in [0.2, 0.25) is 5.88 Å². The van der Waals surface area contributed by atoms with Crippen LogP contribution in [0.15, 0.2) is 59.5 Å². The fraction of sp³-hybridized carbons (Fsp3) is 0.250. The van der Waals surface area contributed by atoms with Gasteiger partial charge in [-0.3, -0.25) is 9.59 Å². The monoisotopic (exact) mass is 349 g/mol. The Bertz CT molecular complexity index is 1030. The molecule has 1 aromatic carbocycles. The molecule has 0 spiro atoms. The first kappa shape index (κ1) is 16.3. The molecule has 4 rings (SSSR count). The number of ether oxygens (including phenoxy) is 1. The predicted octanol–water partition coefficient (Wildman–Crippen LogP) is 2.23. The first-order valence-corrected chi connectivity index (χ1v) is 8.59. The third-order valence-electron chi connectivity index (χ3n) is 4.65. The molecular formula is C20H19N3O3. The molecule has 0 saturated carbocycles. The SMILES string of the molecule is Cn1cccc(C(=O)N2CC[C@@H](Oc3ccc4ccccc4n3)C2)c1=O. The van der Waals surface area contributed by atoms with Crippen molar-refractivity contribution in [2.24, 2.45) is 7.05 Å². The normalized spacial score (nSPS) is 16.8. The quantitative estimate of drug-likeness (QED) is 0.727. The highest BCUT2D eigenvalue weighted by molar-refractivity contribution is 5.94. The van der Waals surface area contributed by atoms with E-state index in [0.717, 1.165) is 10.9 Å². The fourth-order valence-electron chi connectivity index (χ4n) is 3.22.